The highest BCUT2D eigenvalue weighted by Crippen LogP contribution is 2.20. The average Bonchev–Trinajstić information content (AvgIpc) is 2.54. The SMILES string of the molecule is CC(C)N=c1ccccn1-c1ccc(S(=O)(=O)N(C)C)cc1C(=O)O. The first-order valence-corrected chi connectivity index (χ1v) is 9.10. The van der Waals surface area contributed by atoms with Gasteiger partial charge in [0.2, 0.25) is 10.0 Å². The Morgan fingerprint density at radius 3 is 2.44 bits per heavy atom. The van der Waals surface area contributed by atoms with E-state index in [0.29, 0.717) is 11.2 Å². The van der Waals surface area contributed by atoms with Gasteiger partial charge in [-0.1, -0.05) is 6.07 Å². The summed E-state index contributed by atoms with van der Waals surface area (Å²) in [6, 6.07) is 9.42. The highest BCUT2D eigenvalue weighted by molar-refractivity contribution is 7.89. The Bertz CT molecular complexity index is 960. The van der Waals surface area contributed by atoms with E-state index in [1.165, 1.54) is 32.3 Å². The van der Waals surface area contributed by atoms with Gasteiger partial charge < -0.3 is 9.67 Å². The Morgan fingerprint density at radius 2 is 1.88 bits per heavy atom. The van der Waals surface area contributed by atoms with Gasteiger partial charge in [-0.15, -0.1) is 0 Å². The molecule has 0 bridgehead atoms. The van der Waals surface area contributed by atoms with Gasteiger partial charge in [0.15, 0.2) is 0 Å². The van der Waals surface area contributed by atoms with E-state index >= 15 is 0 Å². The van der Waals surface area contributed by atoms with E-state index in [0.717, 1.165) is 4.31 Å². The quantitative estimate of drug-likeness (QED) is 0.876. The van der Waals surface area contributed by atoms with Crippen LogP contribution in [0.15, 0.2) is 52.5 Å². The van der Waals surface area contributed by atoms with Gasteiger partial charge in [0, 0.05) is 26.3 Å². The lowest BCUT2D eigenvalue weighted by atomic mass is 10.1. The summed E-state index contributed by atoms with van der Waals surface area (Å²) in [6.07, 6.45) is 1.70. The van der Waals surface area contributed by atoms with Gasteiger partial charge in [-0.05, 0) is 44.2 Å². The van der Waals surface area contributed by atoms with Gasteiger partial charge in [0.25, 0.3) is 0 Å². The first-order chi connectivity index (χ1) is 11.6. The van der Waals surface area contributed by atoms with Gasteiger partial charge >= 0.3 is 5.97 Å². The van der Waals surface area contributed by atoms with E-state index in [9.17, 15) is 18.3 Å². The Morgan fingerprint density at radius 1 is 1.20 bits per heavy atom. The molecule has 0 aliphatic rings. The summed E-state index contributed by atoms with van der Waals surface area (Å²) >= 11 is 0. The Balaban J connectivity index is 2.76. The normalized spacial score (nSPS) is 12.8. The van der Waals surface area contributed by atoms with Gasteiger partial charge in [-0.25, -0.2) is 17.5 Å². The summed E-state index contributed by atoms with van der Waals surface area (Å²) in [4.78, 5) is 16.1. The Labute approximate surface area is 146 Å². The lowest BCUT2D eigenvalue weighted by Gasteiger charge is -2.15. The number of carbonyl (C=O) groups is 1. The summed E-state index contributed by atoms with van der Waals surface area (Å²) in [5.74, 6) is -1.21. The van der Waals surface area contributed by atoms with Crippen molar-refractivity contribution in [2.75, 3.05) is 14.1 Å². The number of nitrogens with zero attached hydrogens (tertiary/aromatic N) is 3. The van der Waals surface area contributed by atoms with Crippen molar-refractivity contribution in [2.45, 2.75) is 24.8 Å². The average molecular weight is 363 g/mol. The monoisotopic (exact) mass is 363 g/mol. The van der Waals surface area contributed by atoms with Gasteiger partial charge in [-0.3, -0.25) is 4.99 Å². The largest absolute Gasteiger partial charge is 0.478 e. The summed E-state index contributed by atoms with van der Waals surface area (Å²) < 4.78 is 27.2. The summed E-state index contributed by atoms with van der Waals surface area (Å²) in [6.45, 7) is 3.84. The van der Waals surface area contributed by atoms with Gasteiger partial charge in [-0.2, -0.15) is 0 Å². The molecule has 0 aliphatic carbocycles. The van der Waals surface area contributed by atoms with Crippen molar-refractivity contribution in [2.24, 2.45) is 4.99 Å². The van der Waals surface area contributed by atoms with E-state index in [1.807, 2.05) is 19.9 Å². The molecule has 0 spiro atoms. The van der Waals surface area contributed by atoms with Gasteiger partial charge in [0.1, 0.15) is 5.49 Å². The first kappa shape index (κ1) is 18.9. The van der Waals surface area contributed by atoms with E-state index < -0.39 is 16.0 Å². The standard InChI is InChI=1S/C17H21N3O4S/c1-12(2)18-16-7-5-6-10-20(16)15-9-8-13(11-14(15)17(21)22)25(23,24)19(3)4/h5-12H,1-4H3,(H,21,22). The summed E-state index contributed by atoms with van der Waals surface area (Å²) in [7, 11) is -0.928. The molecule has 2 aromatic rings. The fourth-order valence-electron chi connectivity index (χ4n) is 2.28. The van der Waals surface area contributed by atoms with E-state index in [4.69, 9.17) is 0 Å². The molecule has 8 heteroatoms. The number of benzene rings is 1. The van der Waals surface area contributed by atoms with Crippen LogP contribution in [-0.4, -0.2) is 48.5 Å². The Kier molecular flexibility index (Phi) is 5.44. The molecular weight excluding hydrogens is 342 g/mol. The maximum atomic E-state index is 12.3. The van der Waals surface area contributed by atoms with Crippen molar-refractivity contribution in [1.82, 2.24) is 8.87 Å². The van der Waals surface area contributed by atoms with Crippen LogP contribution in [0.4, 0.5) is 0 Å². The van der Waals surface area contributed by atoms with Crippen molar-refractivity contribution >= 4 is 16.0 Å². The Hall–Kier alpha value is -2.45. The zero-order valence-corrected chi connectivity index (χ0v) is 15.4. The van der Waals surface area contributed by atoms with Crippen LogP contribution in [-0.2, 0) is 10.0 Å². The van der Waals surface area contributed by atoms with Crippen LogP contribution < -0.4 is 5.49 Å². The second-order valence-electron chi connectivity index (χ2n) is 5.92. The third-order valence-corrected chi connectivity index (χ3v) is 5.28. The minimum Gasteiger partial charge on any atom is -0.478 e. The molecule has 1 N–H and O–H groups in total. The highest BCUT2D eigenvalue weighted by Gasteiger charge is 2.21. The molecule has 0 aliphatic heterocycles. The van der Waals surface area contributed by atoms with Crippen molar-refractivity contribution in [3.05, 3.63) is 53.6 Å². The predicted octanol–water partition coefficient (Wildman–Crippen LogP) is 1.73. The zero-order chi connectivity index (χ0) is 18.8. The number of pyridine rings is 1. The number of carboxylic acid groups (broad SMARTS) is 1. The van der Waals surface area contributed by atoms with Crippen molar-refractivity contribution in [1.29, 1.82) is 0 Å². The smallest absolute Gasteiger partial charge is 0.337 e. The number of carboxylic acids is 1. The molecule has 1 heterocycles. The fourth-order valence-corrected chi connectivity index (χ4v) is 3.20. The number of hydrogen-bond donors (Lipinski definition) is 1. The van der Waals surface area contributed by atoms with Crippen molar-refractivity contribution in [3.63, 3.8) is 0 Å². The minimum atomic E-state index is -3.72. The van der Waals surface area contributed by atoms with Crippen LogP contribution in [0.1, 0.15) is 24.2 Å². The maximum Gasteiger partial charge on any atom is 0.337 e. The second kappa shape index (κ2) is 7.20. The fraction of sp³-hybridized carbons (Fsp3) is 0.294. The maximum absolute atomic E-state index is 12.3. The number of aromatic nitrogens is 1. The van der Waals surface area contributed by atoms with Gasteiger partial charge in [0.05, 0.1) is 16.1 Å². The van der Waals surface area contributed by atoms with E-state index in [2.05, 4.69) is 4.99 Å². The second-order valence-corrected chi connectivity index (χ2v) is 8.08. The number of sulfonamides is 1. The molecule has 0 saturated carbocycles. The number of aromatic carboxylic acids is 1. The van der Waals surface area contributed by atoms with E-state index in [-0.39, 0.29) is 16.5 Å². The topological polar surface area (TPSA) is 92.0 Å². The molecule has 1 aromatic carbocycles. The number of hydrogen-bond acceptors (Lipinski definition) is 4. The first-order valence-electron chi connectivity index (χ1n) is 7.66. The molecule has 25 heavy (non-hydrogen) atoms. The molecule has 0 fully saturated rings. The van der Waals surface area contributed by atoms with Crippen LogP contribution in [0.2, 0.25) is 0 Å². The lowest BCUT2D eigenvalue weighted by molar-refractivity contribution is 0.0696. The molecule has 0 atom stereocenters. The molecule has 1 aromatic heterocycles. The number of rotatable bonds is 5. The molecule has 0 unspecified atom stereocenters. The molecule has 2 rings (SSSR count). The van der Waals surface area contributed by atoms with E-state index in [1.54, 1.807) is 22.9 Å². The molecular formula is C17H21N3O4S. The predicted molar refractivity (Wildman–Crippen MR) is 94.3 cm³/mol. The molecule has 134 valence electrons. The van der Waals surface area contributed by atoms with Crippen LogP contribution in [0.5, 0.6) is 0 Å². The third-order valence-electron chi connectivity index (χ3n) is 3.47. The molecule has 0 saturated heterocycles. The zero-order valence-electron chi connectivity index (χ0n) is 14.5. The molecule has 7 nitrogen and oxygen atoms in total. The molecule has 0 radical (unpaired) electrons. The highest BCUT2D eigenvalue weighted by atomic mass is 32.2. The molecule has 0 amide bonds. The lowest BCUT2D eigenvalue weighted by Crippen LogP contribution is -2.24. The van der Waals surface area contributed by atoms with Crippen LogP contribution in [0.3, 0.4) is 0 Å². The third kappa shape index (κ3) is 3.97. The van der Waals surface area contributed by atoms with Crippen molar-refractivity contribution < 1.29 is 18.3 Å². The minimum absolute atomic E-state index is 0.0234. The van der Waals surface area contributed by atoms with Crippen LogP contribution in [0, 0.1) is 0 Å². The van der Waals surface area contributed by atoms with Crippen LogP contribution >= 0.6 is 0 Å². The summed E-state index contributed by atoms with van der Waals surface area (Å²) in [5, 5.41) is 9.58. The summed E-state index contributed by atoms with van der Waals surface area (Å²) in [5.41, 5.74) is 0.827. The van der Waals surface area contributed by atoms with Crippen LogP contribution in [0.25, 0.3) is 5.69 Å². The van der Waals surface area contributed by atoms with Crippen molar-refractivity contribution in [3.8, 4) is 5.69 Å².